The molecule has 200 valence electrons. The molecule has 2 atom stereocenters. The zero-order valence-corrected chi connectivity index (χ0v) is 23.0. The molecule has 1 fully saturated rings. The fourth-order valence-corrected chi connectivity index (χ4v) is 5.41. The van der Waals surface area contributed by atoms with Crippen LogP contribution in [0.5, 0.6) is 0 Å². The van der Waals surface area contributed by atoms with E-state index >= 15 is 0 Å². The highest BCUT2D eigenvalue weighted by Gasteiger charge is 2.41. The molecule has 0 saturated carbocycles. The summed E-state index contributed by atoms with van der Waals surface area (Å²) < 4.78 is 5.57. The molecule has 2 amide bonds. The van der Waals surface area contributed by atoms with Gasteiger partial charge in [-0.1, -0.05) is 56.3 Å². The number of carbonyl (C=O) groups excluding carboxylic acids is 2. The van der Waals surface area contributed by atoms with Crippen LogP contribution in [0.1, 0.15) is 58.2 Å². The van der Waals surface area contributed by atoms with E-state index in [4.69, 9.17) is 4.74 Å². The summed E-state index contributed by atoms with van der Waals surface area (Å²) >= 11 is 0. The van der Waals surface area contributed by atoms with Crippen LogP contribution in [0.3, 0.4) is 0 Å². The SMILES string of the molecule is C[C@@H]1CN(CC(=O)N2CC(C)(C)c3ccc(Cc4ccccc4)cc32)[C@@H](CO)CN1C(=O)OC(C)(C)C. The molecule has 1 saturated heterocycles. The summed E-state index contributed by atoms with van der Waals surface area (Å²) in [7, 11) is 0. The summed E-state index contributed by atoms with van der Waals surface area (Å²) in [6.45, 7) is 13.3. The highest BCUT2D eigenvalue weighted by Crippen LogP contribution is 2.41. The fraction of sp³-hybridized carbons (Fsp3) is 0.533. The van der Waals surface area contributed by atoms with Crippen LogP contribution in [0, 0.1) is 0 Å². The monoisotopic (exact) mass is 507 g/mol. The van der Waals surface area contributed by atoms with E-state index in [2.05, 4.69) is 44.2 Å². The minimum atomic E-state index is -0.589. The second-order valence-electron chi connectivity index (χ2n) is 12.1. The summed E-state index contributed by atoms with van der Waals surface area (Å²) in [4.78, 5) is 32.0. The summed E-state index contributed by atoms with van der Waals surface area (Å²) in [5, 5.41) is 10.1. The molecular weight excluding hydrogens is 466 g/mol. The number of hydrogen-bond donors (Lipinski definition) is 1. The number of aliphatic hydroxyl groups is 1. The first-order valence-electron chi connectivity index (χ1n) is 13.2. The van der Waals surface area contributed by atoms with Crippen LogP contribution in [0.2, 0.25) is 0 Å². The van der Waals surface area contributed by atoms with Crippen molar-refractivity contribution in [3.8, 4) is 0 Å². The van der Waals surface area contributed by atoms with Gasteiger partial charge in [0.1, 0.15) is 5.60 Å². The van der Waals surface area contributed by atoms with Crippen molar-refractivity contribution < 1.29 is 19.4 Å². The molecule has 2 aromatic carbocycles. The minimum absolute atomic E-state index is 0.0139. The van der Waals surface area contributed by atoms with Crippen molar-refractivity contribution in [1.82, 2.24) is 9.80 Å². The third-order valence-electron chi connectivity index (χ3n) is 7.32. The number of benzene rings is 2. The highest BCUT2D eigenvalue weighted by atomic mass is 16.6. The number of anilines is 1. The molecule has 0 bridgehead atoms. The highest BCUT2D eigenvalue weighted by molar-refractivity contribution is 5.97. The van der Waals surface area contributed by atoms with Gasteiger partial charge in [-0.3, -0.25) is 9.69 Å². The number of nitrogens with zero attached hydrogens (tertiary/aromatic N) is 3. The summed E-state index contributed by atoms with van der Waals surface area (Å²) in [6.07, 6.45) is 0.429. The Kier molecular flexibility index (Phi) is 7.67. The number of ether oxygens (including phenoxy) is 1. The fourth-order valence-electron chi connectivity index (χ4n) is 5.41. The van der Waals surface area contributed by atoms with E-state index in [-0.39, 0.29) is 42.7 Å². The van der Waals surface area contributed by atoms with Gasteiger partial charge in [-0.15, -0.1) is 0 Å². The van der Waals surface area contributed by atoms with Gasteiger partial charge in [-0.2, -0.15) is 0 Å². The molecule has 0 unspecified atom stereocenters. The second-order valence-corrected chi connectivity index (χ2v) is 12.1. The van der Waals surface area contributed by atoms with E-state index in [9.17, 15) is 14.7 Å². The van der Waals surface area contributed by atoms with E-state index < -0.39 is 5.60 Å². The zero-order chi connectivity index (χ0) is 27.0. The minimum Gasteiger partial charge on any atom is -0.444 e. The van der Waals surface area contributed by atoms with E-state index in [0.29, 0.717) is 19.6 Å². The lowest BCUT2D eigenvalue weighted by atomic mass is 9.86. The molecule has 4 rings (SSSR count). The molecule has 2 aliphatic rings. The summed E-state index contributed by atoms with van der Waals surface area (Å²) in [5.41, 5.74) is 3.83. The quantitative estimate of drug-likeness (QED) is 0.657. The van der Waals surface area contributed by atoms with Crippen LogP contribution < -0.4 is 4.90 Å². The van der Waals surface area contributed by atoms with Crippen molar-refractivity contribution in [3.05, 3.63) is 65.2 Å². The Morgan fingerprint density at radius 3 is 2.41 bits per heavy atom. The van der Waals surface area contributed by atoms with Gasteiger partial charge >= 0.3 is 6.09 Å². The average molecular weight is 508 g/mol. The van der Waals surface area contributed by atoms with Gasteiger partial charge in [0, 0.05) is 36.8 Å². The van der Waals surface area contributed by atoms with E-state index in [0.717, 1.165) is 12.1 Å². The van der Waals surface area contributed by atoms with Crippen molar-refractivity contribution in [3.63, 3.8) is 0 Å². The van der Waals surface area contributed by atoms with Gasteiger partial charge in [0.2, 0.25) is 5.91 Å². The van der Waals surface area contributed by atoms with Crippen LogP contribution in [0.4, 0.5) is 10.5 Å². The van der Waals surface area contributed by atoms with Gasteiger partial charge in [0.25, 0.3) is 0 Å². The van der Waals surface area contributed by atoms with E-state index in [1.54, 1.807) is 4.90 Å². The Labute approximate surface area is 221 Å². The van der Waals surface area contributed by atoms with Crippen LogP contribution in [-0.4, -0.2) is 77.4 Å². The third-order valence-corrected chi connectivity index (χ3v) is 7.32. The van der Waals surface area contributed by atoms with Gasteiger partial charge in [-0.25, -0.2) is 4.79 Å². The standard InChI is InChI=1S/C30H41N3O4/c1-21-16-31(24(19-34)17-32(21)28(36)37-29(2,3)4)18-27(35)33-20-30(5,6)25-13-12-23(15-26(25)33)14-22-10-8-7-9-11-22/h7-13,15,21,24,34H,14,16-20H2,1-6H3/t21-,24-/m1/s1. The summed E-state index contributed by atoms with van der Waals surface area (Å²) in [5.74, 6) is 0.0139. The lowest BCUT2D eigenvalue weighted by Crippen LogP contribution is -2.62. The number of amides is 2. The molecule has 2 aliphatic heterocycles. The molecule has 7 nitrogen and oxygen atoms in total. The molecule has 0 aliphatic carbocycles. The number of piperazine rings is 1. The van der Waals surface area contributed by atoms with Crippen LogP contribution in [0.15, 0.2) is 48.5 Å². The average Bonchev–Trinajstić information content (AvgIpc) is 3.09. The maximum absolute atomic E-state index is 13.7. The molecular formula is C30H41N3O4. The van der Waals surface area contributed by atoms with Crippen molar-refractivity contribution in [1.29, 1.82) is 0 Å². The number of rotatable bonds is 5. The molecule has 2 aromatic rings. The lowest BCUT2D eigenvalue weighted by Gasteiger charge is -2.44. The molecule has 0 aromatic heterocycles. The smallest absolute Gasteiger partial charge is 0.410 e. The van der Waals surface area contributed by atoms with E-state index in [1.165, 1.54) is 16.7 Å². The Balaban J connectivity index is 1.49. The Hall–Kier alpha value is -2.90. The first-order chi connectivity index (χ1) is 17.4. The second kappa shape index (κ2) is 10.5. The number of hydrogen-bond acceptors (Lipinski definition) is 5. The Morgan fingerprint density at radius 2 is 1.76 bits per heavy atom. The van der Waals surface area contributed by atoms with Gasteiger partial charge in [0.05, 0.1) is 19.2 Å². The molecule has 7 heteroatoms. The van der Waals surface area contributed by atoms with Gasteiger partial charge < -0.3 is 19.6 Å². The van der Waals surface area contributed by atoms with Crippen LogP contribution in [-0.2, 0) is 21.4 Å². The maximum Gasteiger partial charge on any atom is 0.410 e. The van der Waals surface area contributed by atoms with Gasteiger partial charge in [0.15, 0.2) is 0 Å². The van der Waals surface area contributed by atoms with Crippen LogP contribution in [0.25, 0.3) is 0 Å². The number of fused-ring (bicyclic) bond motifs is 1. The largest absolute Gasteiger partial charge is 0.444 e. The molecule has 2 heterocycles. The van der Waals surface area contributed by atoms with Crippen LogP contribution >= 0.6 is 0 Å². The first-order valence-corrected chi connectivity index (χ1v) is 13.2. The topological polar surface area (TPSA) is 73.3 Å². The number of aliphatic hydroxyl groups excluding tert-OH is 1. The lowest BCUT2D eigenvalue weighted by molar-refractivity contribution is -0.121. The molecule has 37 heavy (non-hydrogen) atoms. The Bertz CT molecular complexity index is 1130. The van der Waals surface area contributed by atoms with Crippen molar-refractivity contribution in [2.45, 2.75) is 71.1 Å². The number of carbonyl (C=O) groups is 2. The van der Waals surface area contributed by atoms with Crippen molar-refractivity contribution >= 4 is 17.7 Å². The van der Waals surface area contributed by atoms with Crippen molar-refractivity contribution in [2.75, 3.05) is 37.7 Å². The predicted molar refractivity (Wildman–Crippen MR) is 146 cm³/mol. The summed E-state index contributed by atoms with van der Waals surface area (Å²) in [6, 6.07) is 16.4. The molecule has 0 spiro atoms. The van der Waals surface area contributed by atoms with Gasteiger partial charge in [-0.05, 0) is 56.9 Å². The van der Waals surface area contributed by atoms with E-state index in [1.807, 2.05) is 55.7 Å². The zero-order valence-electron chi connectivity index (χ0n) is 23.0. The third kappa shape index (κ3) is 6.16. The molecule has 0 radical (unpaired) electrons. The normalized spacial score (nSPS) is 21.6. The maximum atomic E-state index is 13.7. The Morgan fingerprint density at radius 1 is 1.05 bits per heavy atom. The molecule has 1 N–H and O–H groups in total. The van der Waals surface area contributed by atoms with Crippen molar-refractivity contribution in [2.24, 2.45) is 0 Å². The predicted octanol–water partition coefficient (Wildman–Crippen LogP) is 4.20. The first kappa shape index (κ1) is 27.1.